The van der Waals surface area contributed by atoms with Gasteiger partial charge in [-0.05, 0) is 47.9 Å². The molecule has 1 atom stereocenters. The summed E-state index contributed by atoms with van der Waals surface area (Å²) in [6.45, 7) is 1.32. The van der Waals surface area contributed by atoms with Crippen molar-refractivity contribution in [2.24, 2.45) is 0 Å². The molecule has 0 saturated carbocycles. The molecule has 1 saturated heterocycles. The summed E-state index contributed by atoms with van der Waals surface area (Å²) in [5.41, 5.74) is 3.06. The van der Waals surface area contributed by atoms with E-state index in [2.05, 4.69) is 10.3 Å². The maximum Gasteiger partial charge on any atom is 0.257 e. The number of aromatic nitrogens is 1. The second-order valence-corrected chi connectivity index (χ2v) is 10.2. The lowest BCUT2D eigenvalue weighted by Crippen LogP contribution is -2.24. The van der Waals surface area contributed by atoms with E-state index in [1.54, 1.807) is 58.3 Å². The molecule has 1 N–H and O–H groups in total. The molecular weight excluding hydrogens is 491 g/mol. The van der Waals surface area contributed by atoms with Gasteiger partial charge in [0.25, 0.3) is 5.91 Å². The zero-order valence-electron chi connectivity index (χ0n) is 18.2. The number of nitrogens with one attached hydrogen (secondary N) is 1. The van der Waals surface area contributed by atoms with Crippen molar-refractivity contribution in [1.29, 1.82) is 0 Å². The molecule has 2 heterocycles. The van der Waals surface area contributed by atoms with Crippen LogP contribution in [0.3, 0.4) is 0 Å². The van der Waals surface area contributed by atoms with Crippen LogP contribution < -0.4 is 9.62 Å². The van der Waals surface area contributed by atoms with E-state index in [9.17, 15) is 9.00 Å². The number of pyridine rings is 1. The van der Waals surface area contributed by atoms with Gasteiger partial charge in [0, 0.05) is 43.0 Å². The molecule has 0 aliphatic carbocycles. The fourth-order valence-corrected chi connectivity index (χ4v) is 5.51. The average molecular weight is 511 g/mol. The van der Waals surface area contributed by atoms with Gasteiger partial charge in [0.2, 0.25) is 0 Å². The minimum absolute atomic E-state index is 0.284. The number of fused-ring (bicyclic) bond motifs is 1. The molecule has 1 aliphatic rings. The van der Waals surface area contributed by atoms with E-state index in [0.29, 0.717) is 35.1 Å². The number of rotatable bonds is 4. The molecule has 0 spiro atoms. The molecule has 1 unspecified atom stereocenters. The Bertz CT molecular complexity index is 1440. The number of carbonyl (C=O) groups is 1. The first kappa shape index (κ1) is 22.8. The van der Waals surface area contributed by atoms with Crippen molar-refractivity contribution in [2.45, 2.75) is 0 Å². The molecule has 172 valence electrons. The normalized spacial score (nSPS) is 16.2. The van der Waals surface area contributed by atoms with E-state index in [1.165, 1.54) is 0 Å². The molecule has 34 heavy (non-hydrogen) atoms. The predicted molar refractivity (Wildman–Crippen MR) is 140 cm³/mol. The van der Waals surface area contributed by atoms with Crippen molar-refractivity contribution in [3.63, 3.8) is 0 Å². The van der Waals surface area contributed by atoms with Crippen LogP contribution in [0.4, 0.5) is 11.4 Å². The molecule has 0 bridgehead atoms. The van der Waals surface area contributed by atoms with Gasteiger partial charge in [0.15, 0.2) is 11.2 Å². The minimum atomic E-state index is -1.26. The molecule has 0 radical (unpaired) electrons. The maximum atomic E-state index is 13.0. The summed E-state index contributed by atoms with van der Waals surface area (Å²) in [6.07, 6.45) is 1.74. The first-order chi connectivity index (χ1) is 16.4. The largest absolute Gasteiger partial charge is 0.322 e. The minimum Gasteiger partial charge on any atom is -0.322 e. The highest BCUT2D eigenvalue weighted by atomic mass is 35.5. The number of benzene rings is 3. The van der Waals surface area contributed by atoms with Crippen molar-refractivity contribution < 1.29 is 9.00 Å². The number of amides is 1. The van der Waals surface area contributed by atoms with E-state index >= 15 is 0 Å². The zero-order chi connectivity index (χ0) is 23.8. The number of carbonyl (C=O) groups excluding carboxylic acids is 1. The Kier molecular flexibility index (Phi) is 6.27. The van der Waals surface area contributed by atoms with Crippen molar-refractivity contribution in [3.05, 3.63) is 88.5 Å². The molecular formula is C25H20Cl2N4O2S. The lowest BCUT2D eigenvalue weighted by molar-refractivity contribution is 0.102. The van der Waals surface area contributed by atoms with Gasteiger partial charge in [-0.2, -0.15) is 0 Å². The number of hydrogen-bond donors (Lipinski definition) is 1. The number of hydrogen-bond acceptors (Lipinski definition) is 3. The van der Waals surface area contributed by atoms with Gasteiger partial charge < -0.3 is 5.32 Å². The Labute approximate surface area is 209 Å². The highest BCUT2D eigenvalue weighted by molar-refractivity contribution is 7.84. The summed E-state index contributed by atoms with van der Waals surface area (Å²) in [5.74, 6) is -0.352. The number of nitrogens with zero attached hydrogens (tertiary/aromatic N) is 3. The second-order valence-electron chi connectivity index (χ2n) is 7.88. The Morgan fingerprint density at radius 3 is 2.59 bits per heavy atom. The first-order valence-corrected chi connectivity index (χ1v) is 12.4. The van der Waals surface area contributed by atoms with Gasteiger partial charge in [0.05, 0.1) is 27.0 Å². The fourth-order valence-electron chi connectivity index (χ4n) is 3.94. The van der Waals surface area contributed by atoms with Crippen LogP contribution in [0.25, 0.3) is 22.0 Å². The maximum absolute atomic E-state index is 13.0. The molecule has 1 aromatic heterocycles. The van der Waals surface area contributed by atoms with Gasteiger partial charge in [0.1, 0.15) is 0 Å². The summed E-state index contributed by atoms with van der Waals surface area (Å²) >= 11 is 11.7. The number of anilines is 2. The van der Waals surface area contributed by atoms with Crippen LogP contribution in [-0.2, 0) is 11.2 Å². The Balaban J connectivity index is 1.42. The molecule has 5 rings (SSSR count). The number of likely N-dealkylation sites (N-methyl/N-ethyl adjacent to an activating group) is 1. The van der Waals surface area contributed by atoms with Crippen LogP contribution in [0.15, 0.2) is 72.9 Å². The summed E-state index contributed by atoms with van der Waals surface area (Å²) in [5, 5.41) is 5.74. The highest BCUT2D eigenvalue weighted by Gasteiger charge is 2.26. The fraction of sp³-hybridized carbons (Fsp3) is 0.120. The van der Waals surface area contributed by atoms with Crippen molar-refractivity contribution in [1.82, 2.24) is 9.29 Å². The quantitative estimate of drug-likeness (QED) is 0.377. The smallest absolute Gasteiger partial charge is 0.257 e. The van der Waals surface area contributed by atoms with Gasteiger partial charge in [-0.25, -0.2) is 8.51 Å². The van der Waals surface area contributed by atoms with Gasteiger partial charge >= 0.3 is 0 Å². The van der Waals surface area contributed by atoms with Crippen molar-refractivity contribution in [3.8, 4) is 11.3 Å². The van der Waals surface area contributed by atoms with E-state index in [-0.39, 0.29) is 10.9 Å². The molecule has 9 heteroatoms. The number of halogens is 2. The highest BCUT2D eigenvalue weighted by Crippen LogP contribution is 2.34. The molecule has 1 fully saturated rings. The molecule has 6 nitrogen and oxygen atoms in total. The van der Waals surface area contributed by atoms with Gasteiger partial charge in [-0.3, -0.25) is 14.1 Å². The second kappa shape index (κ2) is 9.35. The van der Waals surface area contributed by atoms with Crippen LogP contribution in [0.2, 0.25) is 10.0 Å². The van der Waals surface area contributed by atoms with Gasteiger partial charge in [-0.1, -0.05) is 47.5 Å². The van der Waals surface area contributed by atoms with Crippen LogP contribution in [0.5, 0.6) is 0 Å². The summed E-state index contributed by atoms with van der Waals surface area (Å²) < 4.78 is 15.9. The predicted octanol–water partition coefficient (Wildman–Crippen LogP) is 5.79. The molecule has 3 aromatic carbocycles. The van der Waals surface area contributed by atoms with E-state index < -0.39 is 11.2 Å². The standard InChI is InChI=1S/C25H20Cl2N4O2S/c1-30-12-13-31(34(30)33)18-7-8-20(23(27)15-18)25(32)29-17-6-9-22(26)21(14-17)24-19-5-3-2-4-16(19)10-11-28-24/h2-11,14-15H,12-13H2,1H3,(H,29,32). The third-order valence-corrected chi connectivity index (χ3v) is 7.84. The van der Waals surface area contributed by atoms with E-state index in [4.69, 9.17) is 23.2 Å². The molecule has 1 aliphatic heterocycles. The van der Waals surface area contributed by atoms with Crippen LogP contribution in [0.1, 0.15) is 10.4 Å². The summed E-state index contributed by atoms with van der Waals surface area (Å²) in [7, 11) is 1.80. The third kappa shape index (κ3) is 4.28. The Morgan fingerprint density at radius 1 is 1.00 bits per heavy atom. The molecule has 4 aromatic rings. The van der Waals surface area contributed by atoms with Crippen LogP contribution in [0, 0.1) is 0 Å². The lowest BCUT2D eigenvalue weighted by Gasteiger charge is -2.17. The zero-order valence-corrected chi connectivity index (χ0v) is 20.5. The average Bonchev–Trinajstić information content (AvgIpc) is 3.18. The van der Waals surface area contributed by atoms with E-state index in [1.807, 2.05) is 30.3 Å². The third-order valence-electron chi connectivity index (χ3n) is 5.71. The molecule has 1 amide bonds. The lowest BCUT2D eigenvalue weighted by atomic mass is 10.0. The van der Waals surface area contributed by atoms with Crippen molar-refractivity contribution in [2.75, 3.05) is 29.8 Å². The van der Waals surface area contributed by atoms with Crippen molar-refractivity contribution >= 4 is 62.4 Å². The Hall–Kier alpha value is -2.97. The summed E-state index contributed by atoms with van der Waals surface area (Å²) in [6, 6.07) is 20.2. The van der Waals surface area contributed by atoms with Gasteiger partial charge in [-0.15, -0.1) is 0 Å². The van der Waals surface area contributed by atoms with Crippen LogP contribution in [-0.4, -0.2) is 39.5 Å². The topological polar surface area (TPSA) is 65.5 Å². The summed E-state index contributed by atoms with van der Waals surface area (Å²) in [4.78, 5) is 17.5. The monoisotopic (exact) mass is 510 g/mol. The SMILES string of the molecule is CN1CCN(c2ccc(C(=O)Nc3ccc(Cl)c(-c4nccc5ccccc45)c3)c(Cl)c2)S1=O. The van der Waals surface area contributed by atoms with Crippen LogP contribution >= 0.6 is 23.2 Å². The van der Waals surface area contributed by atoms with E-state index in [0.717, 1.165) is 22.0 Å². The first-order valence-electron chi connectivity index (χ1n) is 10.6. The Morgan fingerprint density at radius 2 is 1.82 bits per heavy atom.